The zero-order valence-electron chi connectivity index (χ0n) is 14.3. The molecule has 0 spiro atoms. The first-order valence-corrected chi connectivity index (χ1v) is 10.8. The predicted molar refractivity (Wildman–Crippen MR) is 114 cm³/mol. The number of aromatic hydroxyl groups is 2. The molecule has 152 valence electrons. The van der Waals surface area contributed by atoms with Crippen LogP contribution in [0.3, 0.4) is 0 Å². The summed E-state index contributed by atoms with van der Waals surface area (Å²) in [6.45, 7) is 0. The first kappa shape index (κ1) is 22.0. The van der Waals surface area contributed by atoms with E-state index in [-0.39, 0.29) is 26.2 Å². The molecule has 1 unspecified atom stereocenters. The number of hydrogen-bond donors (Lipinski definition) is 3. The quantitative estimate of drug-likeness (QED) is 0.239. The van der Waals surface area contributed by atoms with Crippen molar-refractivity contribution in [2.24, 2.45) is 0 Å². The van der Waals surface area contributed by atoms with Gasteiger partial charge in [0.05, 0.1) is 5.02 Å². The molecule has 5 nitrogen and oxygen atoms in total. The van der Waals surface area contributed by atoms with Crippen molar-refractivity contribution in [2.45, 2.75) is 4.75 Å². The number of hydrogen-bond acceptors (Lipinski definition) is 4. The Morgan fingerprint density at radius 1 is 0.724 bits per heavy atom. The zero-order chi connectivity index (χ0) is 21.6. The molecule has 0 heterocycles. The minimum Gasteiger partial charge on any atom is -0.508 e. The highest BCUT2D eigenvalue weighted by Crippen LogP contribution is 2.52. The predicted octanol–water partition coefficient (Wildman–Crippen LogP) is 5.89. The molecule has 3 rings (SSSR count). The molecule has 0 bridgehead atoms. The summed E-state index contributed by atoms with van der Waals surface area (Å²) in [5, 5.41) is 20.5. The average Bonchev–Trinajstić information content (AvgIpc) is 2.60. The first-order valence-electron chi connectivity index (χ1n) is 7.89. The smallest absolute Gasteiger partial charge is 0.283 e. The maximum Gasteiger partial charge on any atom is 0.283 e. The normalized spacial score (nSPS) is 13.8. The third-order valence-corrected chi connectivity index (χ3v) is 6.84. The van der Waals surface area contributed by atoms with Crippen molar-refractivity contribution in [3.05, 3.63) is 91.4 Å². The van der Waals surface area contributed by atoms with Crippen LogP contribution < -0.4 is 0 Å². The molecule has 3 aromatic carbocycles. The number of benzene rings is 3. The second-order valence-corrected chi connectivity index (χ2v) is 9.37. The second-order valence-electron chi connectivity index (χ2n) is 6.12. The van der Waals surface area contributed by atoms with Gasteiger partial charge in [-0.25, -0.2) is 0 Å². The summed E-state index contributed by atoms with van der Waals surface area (Å²) in [6.07, 6.45) is 0. The Balaban J connectivity index is 2.65. The highest BCUT2D eigenvalue weighted by atomic mass is 35.5. The fourth-order valence-electron chi connectivity index (χ4n) is 3.24. The Bertz CT molecular complexity index is 1190. The number of phenols is 2. The van der Waals surface area contributed by atoms with E-state index in [0.29, 0.717) is 0 Å². The fraction of sp³-hybridized carbons (Fsp3) is 0.0526. The van der Waals surface area contributed by atoms with Gasteiger partial charge in [-0.1, -0.05) is 58.5 Å². The van der Waals surface area contributed by atoms with Crippen molar-refractivity contribution < 1.29 is 23.2 Å². The van der Waals surface area contributed by atoms with Gasteiger partial charge in [0.25, 0.3) is 10.1 Å². The summed E-state index contributed by atoms with van der Waals surface area (Å²) in [6, 6.07) is 11.6. The third kappa shape index (κ3) is 3.77. The van der Waals surface area contributed by atoms with Gasteiger partial charge < -0.3 is 10.2 Å². The molecule has 0 aromatic heterocycles. The van der Waals surface area contributed by atoms with Crippen molar-refractivity contribution in [3.8, 4) is 11.5 Å². The van der Waals surface area contributed by atoms with Gasteiger partial charge in [0.1, 0.15) is 11.5 Å². The summed E-state index contributed by atoms with van der Waals surface area (Å²) in [5.41, 5.74) is -0.668. The van der Waals surface area contributed by atoms with Crippen molar-refractivity contribution in [1.29, 1.82) is 0 Å². The van der Waals surface area contributed by atoms with Crippen LogP contribution in [0.15, 0.2) is 54.6 Å². The molecule has 1 atom stereocenters. The van der Waals surface area contributed by atoms with E-state index in [1.807, 2.05) is 0 Å². The van der Waals surface area contributed by atoms with E-state index in [4.69, 9.17) is 46.4 Å². The number of halogens is 4. The van der Waals surface area contributed by atoms with Crippen LogP contribution in [0.2, 0.25) is 20.1 Å². The van der Waals surface area contributed by atoms with E-state index in [1.165, 1.54) is 42.5 Å². The van der Waals surface area contributed by atoms with Crippen LogP contribution in [0.5, 0.6) is 11.5 Å². The molecule has 0 aliphatic carbocycles. The van der Waals surface area contributed by atoms with E-state index in [2.05, 4.69) is 0 Å². The monoisotopic (exact) mass is 492 g/mol. The maximum atomic E-state index is 13.0. The summed E-state index contributed by atoms with van der Waals surface area (Å²) in [7, 11) is -5.13. The average molecular weight is 494 g/mol. The van der Waals surface area contributed by atoms with Crippen LogP contribution in [0.1, 0.15) is 16.7 Å². The van der Waals surface area contributed by atoms with Gasteiger partial charge in [-0.3, -0.25) is 4.55 Å². The molecule has 3 aromatic rings. The van der Waals surface area contributed by atoms with Crippen LogP contribution in [0.4, 0.5) is 0 Å². The Labute approximate surface area is 186 Å². The van der Waals surface area contributed by atoms with Crippen LogP contribution in [0.25, 0.3) is 0 Å². The molecule has 10 heteroatoms. The van der Waals surface area contributed by atoms with Gasteiger partial charge in [0.15, 0.2) is 4.75 Å². The lowest BCUT2D eigenvalue weighted by atomic mass is 9.83. The lowest BCUT2D eigenvalue weighted by Gasteiger charge is -2.34. The number of phenolic OH excluding ortho intramolecular Hbond substituents is 2. The fourth-order valence-corrected chi connectivity index (χ4v) is 5.62. The van der Waals surface area contributed by atoms with Gasteiger partial charge in [0.2, 0.25) is 0 Å². The van der Waals surface area contributed by atoms with Crippen molar-refractivity contribution >= 4 is 56.5 Å². The third-order valence-electron chi connectivity index (χ3n) is 4.34. The molecular weight excluding hydrogens is 482 g/mol. The van der Waals surface area contributed by atoms with Gasteiger partial charge in [0, 0.05) is 20.6 Å². The summed E-state index contributed by atoms with van der Waals surface area (Å²) < 4.78 is 33.9. The highest BCUT2D eigenvalue weighted by Gasteiger charge is 2.52. The molecule has 3 N–H and O–H groups in total. The lowest BCUT2D eigenvalue weighted by Crippen LogP contribution is -2.38. The lowest BCUT2D eigenvalue weighted by molar-refractivity contribution is 0.434. The summed E-state index contributed by atoms with van der Waals surface area (Å²) >= 11 is 24.5. The minimum absolute atomic E-state index is 0.0615. The van der Waals surface area contributed by atoms with Gasteiger partial charge >= 0.3 is 0 Å². The first-order chi connectivity index (χ1) is 13.5. The number of rotatable bonds is 4. The molecule has 29 heavy (non-hydrogen) atoms. The SMILES string of the molecule is O=S(=O)(O)C(c1cccc(Cl)c1)(c1cc(Cl)cc(Cl)c1)c1c(O)ccc(O)c1Cl. The van der Waals surface area contributed by atoms with E-state index in [1.54, 1.807) is 0 Å². The molecule has 0 fully saturated rings. The Kier molecular flexibility index (Phi) is 5.98. The van der Waals surface area contributed by atoms with E-state index < -0.39 is 37.0 Å². The Morgan fingerprint density at radius 2 is 1.28 bits per heavy atom. The summed E-state index contributed by atoms with van der Waals surface area (Å²) in [5.74, 6) is -1.11. The van der Waals surface area contributed by atoms with Crippen molar-refractivity contribution in [3.63, 3.8) is 0 Å². The molecule has 0 aliphatic heterocycles. The van der Waals surface area contributed by atoms with Crippen LogP contribution >= 0.6 is 46.4 Å². The van der Waals surface area contributed by atoms with E-state index in [0.717, 1.165) is 12.1 Å². The van der Waals surface area contributed by atoms with Crippen molar-refractivity contribution in [2.75, 3.05) is 0 Å². The van der Waals surface area contributed by atoms with Gasteiger partial charge in [-0.05, 0) is 53.6 Å². The topological polar surface area (TPSA) is 94.8 Å². The van der Waals surface area contributed by atoms with E-state index >= 15 is 0 Å². The standard InChI is InChI=1S/C19H12Cl4O5S/c20-12-3-1-2-10(6-12)19(29(26,27)28,11-7-13(21)9-14(22)8-11)17-15(24)4-5-16(25)18(17)23/h1-9,24-25H,(H,26,27,28). The van der Waals surface area contributed by atoms with Crippen LogP contribution in [0, 0.1) is 0 Å². The largest absolute Gasteiger partial charge is 0.508 e. The zero-order valence-corrected chi connectivity index (χ0v) is 18.1. The van der Waals surface area contributed by atoms with Crippen LogP contribution in [-0.2, 0) is 14.9 Å². The van der Waals surface area contributed by atoms with E-state index in [9.17, 15) is 23.2 Å². The maximum absolute atomic E-state index is 13.0. The molecular formula is C19H12Cl4O5S. The second kappa shape index (κ2) is 7.87. The Morgan fingerprint density at radius 3 is 1.83 bits per heavy atom. The minimum atomic E-state index is -5.13. The van der Waals surface area contributed by atoms with Gasteiger partial charge in [-0.15, -0.1) is 0 Å². The molecule has 0 saturated carbocycles. The van der Waals surface area contributed by atoms with Crippen molar-refractivity contribution in [1.82, 2.24) is 0 Å². The van der Waals surface area contributed by atoms with Crippen LogP contribution in [-0.4, -0.2) is 23.2 Å². The molecule has 0 radical (unpaired) electrons. The molecule has 0 aliphatic rings. The molecule has 0 amide bonds. The Hall–Kier alpha value is -1.67. The van der Waals surface area contributed by atoms with Gasteiger partial charge in [-0.2, -0.15) is 8.42 Å². The summed E-state index contributed by atoms with van der Waals surface area (Å²) in [4.78, 5) is 0. The molecule has 0 saturated heterocycles. The highest BCUT2D eigenvalue weighted by molar-refractivity contribution is 7.87.